The minimum Gasteiger partial charge on any atom is -0.351 e. The van der Waals surface area contributed by atoms with Gasteiger partial charge in [-0.1, -0.05) is 0 Å². The van der Waals surface area contributed by atoms with Gasteiger partial charge in [-0.3, -0.25) is 0 Å². The predicted molar refractivity (Wildman–Crippen MR) is 67.1 cm³/mol. The molecule has 0 bridgehead atoms. The molecule has 1 aromatic heterocycles. The van der Waals surface area contributed by atoms with Crippen molar-refractivity contribution in [2.45, 2.75) is 43.2 Å². The zero-order valence-electron chi connectivity index (χ0n) is 10.1. The fourth-order valence-corrected chi connectivity index (χ4v) is 3.66. The van der Waals surface area contributed by atoms with Crippen LogP contribution in [0.25, 0.3) is 0 Å². The highest BCUT2D eigenvalue weighted by atomic mass is 32.2. The molecular weight excluding hydrogens is 250 g/mol. The predicted octanol–water partition coefficient (Wildman–Crippen LogP) is 1.77. The number of hydrogen-bond acceptors (Lipinski definition) is 3. The molecule has 2 N–H and O–H groups in total. The van der Waals surface area contributed by atoms with Crippen LogP contribution >= 0.6 is 0 Å². The van der Waals surface area contributed by atoms with Gasteiger partial charge in [0, 0.05) is 18.7 Å². The van der Waals surface area contributed by atoms with Crippen molar-refractivity contribution in [3.05, 3.63) is 18.3 Å². The van der Waals surface area contributed by atoms with Gasteiger partial charge in [-0.25, -0.2) is 13.1 Å². The van der Waals surface area contributed by atoms with Gasteiger partial charge in [0.05, 0.1) is 6.07 Å². The van der Waals surface area contributed by atoms with Crippen molar-refractivity contribution in [2.24, 2.45) is 5.92 Å². The number of aromatic nitrogens is 1. The van der Waals surface area contributed by atoms with Crippen LogP contribution in [-0.2, 0) is 10.0 Å². The fourth-order valence-electron chi connectivity index (χ4n) is 2.38. The lowest BCUT2D eigenvalue weighted by atomic mass is 9.85. The van der Waals surface area contributed by atoms with Crippen LogP contribution < -0.4 is 4.72 Å². The van der Waals surface area contributed by atoms with Crippen molar-refractivity contribution in [1.29, 1.82) is 5.26 Å². The van der Waals surface area contributed by atoms with Gasteiger partial charge in [0.25, 0.3) is 10.0 Å². The van der Waals surface area contributed by atoms with Crippen LogP contribution in [0.2, 0.25) is 0 Å². The van der Waals surface area contributed by atoms with E-state index in [4.69, 9.17) is 5.26 Å². The molecule has 98 valence electrons. The fraction of sp³-hybridized carbons (Fsp3) is 0.583. The van der Waals surface area contributed by atoms with Crippen LogP contribution in [-0.4, -0.2) is 19.4 Å². The zero-order chi connectivity index (χ0) is 13.0. The molecule has 0 saturated heterocycles. The Morgan fingerprint density at radius 2 is 2.11 bits per heavy atom. The molecule has 0 atom stereocenters. The molecule has 1 aliphatic carbocycles. The first-order valence-corrected chi connectivity index (χ1v) is 7.63. The van der Waals surface area contributed by atoms with E-state index in [9.17, 15) is 8.42 Å². The second-order valence-electron chi connectivity index (χ2n) is 4.74. The summed E-state index contributed by atoms with van der Waals surface area (Å²) in [5, 5.41) is 8.84. The summed E-state index contributed by atoms with van der Waals surface area (Å²) in [4.78, 5) is 2.70. The first-order chi connectivity index (χ1) is 8.62. The maximum atomic E-state index is 12.0. The van der Waals surface area contributed by atoms with Crippen molar-refractivity contribution < 1.29 is 8.42 Å². The summed E-state index contributed by atoms with van der Waals surface area (Å²) in [6.45, 7) is 0. The molecule has 0 amide bonds. The lowest BCUT2D eigenvalue weighted by Crippen LogP contribution is -2.37. The van der Waals surface area contributed by atoms with Gasteiger partial charge in [-0.2, -0.15) is 5.26 Å². The average molecular weight is 267 g/mol. The standard InChI is InChI=1S/C12H17N3O2S/c13-8-7-10-3-5-11(6-4-10)15-18(16,17)12-2-1-9-14-12/h1-2,9-11,14-15H,3-7H2. The first-order valence-electron chi connectivity index (χ1n) is 6.14. The summed E-state index contributed by atoms with van der Waals surface area (Å²) in [5.74, 6) is 0.432. The number of nitriles is 1. The number of nitrogens with zero attached hydrogens (tertiary/aromatic N) is 1. The SMILES string of the molecule is N#CCC1CCC(NS(=O)(=O)c2ccc[nH]2)CC1. The third-order valence-electron chi connectivity index (χ3n) is 3.41. The van der Waals surface area contributed by atoms with E-state index < -0.39 is 10.0 Å². The van der Waals surface area contributed by atoms with Crippen molar-refractivity contribution in [2.75, 3.05) is 0 Å². The minimum atomic E-state index is -3.42. The van der Waals surface area contributed by atoms with Gasteiger partial charge < -0.3 is 4.98 Å². The maximum Gasteiger partial charge on any atom is 0.256 e. The Bertz CT molecular complexity index is 508. The highest BCUT2D eigenvalue weighted by Crippen LogP contribution is 2.27. The number of H-pyrrole nitrogens is 1. The number of rotatable bonds is 4. The average Bonchev–Trinajstić information content (AvgIpc) is 2.86. The van der Waals surface area contributed by atoms with Crippen molar-refractivity contribution >= 4 is 10.0 Å². The number of hydrogen-bond donors (Lipinski definition) is 2. The number of sulfonamides is 1. The Morgan fingerprint density at radius 3 is 2.67 bits per heavy atom. The van der Waals surface area contributed by atoms with E-state index in [0.717, 1.165) is 25.7 Å². The smallest absolute Gasteiger partial charge is 0.256 e. The van der Waals surface area contributed by atoms with Gasteiger partial charge in [-0.15, -0.1) is 0 Å². The summed E-state index contributed by atoms with van der Waals surface area (Å²) in [6, 6.07) is 5.38. The van der Waals surface area contributed by atoms with Gasteiger partial charge in [-0.05, 0) is 43.7 Å². The summed E-state index contributed by atoms with van der Waals surface area (Å²) in [7, 11) is -3.42. The molecule has 0 radical (unpaired) electrons. The van der Waals surface area contributed by atoms with Crippen LogP contribution in [0.15, 0.2) is 23.4 Å². The first kappa shape index (κ1) is 13.1. The molecule has 6 heteroatoms. The van der Waals surface area contributed by atoms with E-state index in [1.807, 2.05) is 0 Å². The molecule has 1 fully saturated rings. The molecule has 5 nitrogen and oxygen atoms in total. The Kier molecular flexibility index (Phi) is 4.04. The van der Waals surface area contributed by atoms with Gasteiger partial charge in [0.2, 0.25) is 0 Å². The van der Waals surface area contributed by atoms with Crippen LogP contribution in [0, 0.1) is 17.2 Å². The largest absolute Gasteiger partial charge is 0.351 e. The third-order valence-corrected chi connectivity index (χ3v) is 4.88. The molecule has 1 aliphatic rings. The Labute approximate surface area is 107 Å². The van der Waals surface area contributed by atoms with Gasteiger partial charge in [0.15, 0.2) is 0 Å². The molecule has 1 heterocycles. The summed E-state index contributed by atoms with van der Waals surface area (Å²) in [5.41, 5.74) is 0. The Hall–Kier alpha value is -1.32. The molecule has 0 aromatic carbocycles. The van der Waals surface area contributed by atoms with E-state index >= 15 is 0 Å². The molecule has 0 aliphatic heterocycles. The Balaban J connectivity index is 1.91. The highest BCUT2D eigenvalue weighted by molar-refractivity contribution is 7.89. The number of nitrogens with one attached hydrogen (secondary N) is 2. The van der Waals surface area contributed by atoms with Crippen LogP contribution in [0.3, 0.4) is 0 Å². The molecule has 0 unspecified atom stereocenters. The Morgan fingerprint density at radius 1 is 1.39 bits per heavy atom. The van der Waals surface area contributed by atoms with Crippen LogP contribution in [0.1, 0.15) is 32.1 Å². The molecule has 2 rings (SSSR count). The summed E-state index contributed by atoms with van der Waals surface area (Å²) < 4.78 is 26.7. The lowest BCUT2D eigenvalue weighted by Gasteiger charge is -2.27. The number of aromatic amines is 1. The summed E-state index contributed by atoms with van der Waals surface area (Å²) >= 11 is 0. The van der Waals surface area contributed by atoms with E-state index in [0.29, 0.717) is 12.3 Å². The van der Waals surface area contributed by atoms with Crippen molar-refractivity contribution in [3.8, 4) is 6.07 Å². The third kappa shape index (κ3) is 3.12. The van der Waals surface area contributed by atoms with E-state index in [-0.39, 0.29) is 11.1 Å². The monoisotopic (exact) mass is 267 g/mol. The molecule has 0 spiro atoms. The minimum absolute atomic E-state index is 0.00626. The highest BCUT2D eigenvalue weighted by Gasteiger charge is 2.25. The van der Waals surface area contributed by atoms with Gasteiger partial charge >= 0.3 is 0 Å². The van der Waals surface area contributed by atoms with Crippen LogP contribution in [0.5, 0.6) is 0 Å². The topological polar surface area (TPSA) is 85.8 Å². The van der Waals surface area contributed by atoms with Crippen LogP contribution in [0.4, 0.5) is 0 Å². The molecule has 1 aromatic rings. The quantitative estimate of drug-likeness (QED) is 0.871. The van der Waals surface area contributed by atoms with E-state index in [1.54, 1.807) is 18.3 Å². The van der Waals surface area contributed by atoms with Gasteiger partial charge in [0.1, 0.15) is 5.03 Å². The van der Waals surface area contributed by atoms with E-state index in [1.165, 1.54) is 0 Å². The summed E-state index contributed by atoms with van der Waals surface area (Å²) in [6.07, 6.45) is 5.64. The molecule has 18 heavy (non-hydrogen) atoms. The van der Waals surface area contributed by atoms with E-state index in [2.05, 4.69) is 15.8 Å². The van der Waals surface area contributed by atoms with Crippen molar-refractivity contribution in [3.63, 3.8) is 0 Å². The normalized spacial score (nSPS) is 24.6. The molecular formula is C12H17N3O2S. The zero-order valence-corrected chi connectivity index (χ0v) is 10.9. The molecule has 1 saturated carbocycles. The van der Waals surface area contributed by atoms with Crippen molar-refractivity contribution in [1.82, 2.24) is 9.71 Å². The second kappa shape index (κ2) is 5.55. The lowest BCUT2D eigenvalue weighted by molar-refractivity contribution is 0.316. The maximum absolute atomic E-state index is 12.0. The second-order valence-corrected chi connectivity index (χ2v) is 6.42.